The summed E-state index contributed by atoms with van der Waals surface area (Å²) in [5.41, 5.74) is 0.648. The fourth-order valence-corrected chi connectivity index (χ4v) is 2.80. The summed E-state index contributed by atoms with van der Waals surface area (Å²) in [5, 5.41) is 12.5. The number of hydrogen-bond acceptors (Lipinski definition) is 4. The average molecular weight is 380 g/mol. The summed E-state index contributed by atoms with van der Waals surface area (Å²) >= 11 is 0. The SMILES string of the molecule is CC(C)(C)c1ccc(O)c(NC(=O)c2ccc(F)c(NS(C)(=O)=O)c2)c1. The standard InChI is InChI=1S/C18H21FN2O4S/c1-18(2,3)12-6-8-16(22)15(10-12)20-17(23)11-5-7-13(19)14(9-11)21-26(4,24)25/h5-10,21-22H,1-4H3,(H,20,23). The molecule has 0 radical (unpaired) electrons. The van der Waals surface area contributed by atoms with Crippen molar-refractivity contribution >= 4 is 27.3 Å². The van der Waals surface area contributed by atoms with Gasteiger partial charge in [-0.1, -0.05) is 26.8 Å². The van der Waals surface area contributed by atoms with Gasteiger partial charge in [0.1, 0.15) is 11.6 Å². The molecule has 26 heavy (non-hydrogen) atoms. The van der Waals surface area contributed by atoms with Crippen LogP contribution < -0.4 is 10.0 Å². The normalized spacial score (nSPS) is 11.9. The molecule has 0 spiro atoms. The summed E-state index contributed by atoms with van der Waals surface area (Å²) in [6, 6.07) is 8.22. The van der Waals surface area contributed by atoms with Crippen molar-refractivity contribution in [2.24, 2.45) is 0 Å². The first-order valence-corrected chi connectivity index (χ1v) is 9.68. The Morgan fingerprint density at radius 3 is 2.31 bits per heavy atom. The Morgan fingerprint density at radius 1 is 1.08 bits per heavy atom. The first kappa shape index (κ1) is 19.7. The van der Waals surface area contributed by atoms with E-state index in [1.165, 1.54) is 12.1 Å². The zero-order valence-electron chi connectivity index (χ0n) is 14.9. The van der Waals surface area contributed by atoms with Crippen LogP contribution in [-0.2, 0) is 15.4 Å². The number of sulfonamides is 1. The molecular weight excluding hydrogens is 359 g/mol. The van der Waals surface area contributed by atoms with Gasteiger partial charge >= 0.3 is 0 Å². The zero-order chi connectivity index (χ0) is 19.7. The number of rotatable bonds is 4. The van der Waals surface area contributed by atoms with Gasteiger partial charge in [0.2, 0.25) is 10.0 Å². The number of carbonyl (C=O) groups is 1. The van der Waals surface area contributed by atoms with Gasteiger partial charge < -0.3 is 10.4 Å². The minimum absolute atomic E-state index is 0.0399. The second-order valence-corrected chi connectivity index (χ2v) is 8.75. The van der Waals surface area contributed by atoms with Crippen LogP contribution in [0.4, 0.5) is 15.8 Å². The molecule has 0 saturated carbocycles. The molecule has 1 amide bonds. The first-order valence-electron chi connectivity index (χ1n) is 7.79. The molecule has 6 nitrogen and oxygen atoms in total. The number of carbonyl (C=O) groups excluding carboxylic acids is 1. The molecule has 2 rings (SSSR count). The number of nitrogens with one attached hydrogen (secondary N) is 2. The lowest BCUT2D eigenvalue weighted by atomic mass is 9.87. The van der Waals surface area contributed by atoms with Gasteiger partial charge in [0, 0.05) is 5.56 Å². The third kappa shape index (κ3) is 4.95. The van der Waals surface area contributed by atoms with Crippen LogP contribution in [0.1, 0.15) is 36.7 Å². The third-order valence-corrected chi connectivity index (χ3v) is 4.23. The quantitative estimate of drug-likeness (QED) is 0.708. The van der Waals surface area contributed by atoms with Gasteiger partial charge in [-0.05, 0) is 41.3 Å². The summed E-state index contributed by atoms with van der Waals surface area (Å²) in [4.78, 5) is 12.4. The van der Waals surface area contributed by atoms with Crippen molar-refractivity contribution in [2.45, 2.75) is 26.2 Å². The van der Waals surface area contributed by atoms with E-state index in [0.717, 1.165) is 24.0 Å². The van der Waals surface area contributed by atoms with E-state index in [4.69, 9.17) is 0 Å². The predicted molar refractivity (Wildman–Crippen MR) is 99.6 cm³/mol. The third-order valence-electron chi connectivity index (χ3n) is 3.63. The van der Waals surface area contributed by atoms with Crippen LogP contribution in [-0.4, -0.2) is 25.7 Å². The molecule has 0 bridgehead atoms. The van der Waals surface area contributed by atoms with Gasteiger partial charge in [0.15, 0.2) is 0 Å². The molecule has 0 aromatic heterocycles. The van der Waals surface area contributed by atoms with E-state index in [1.54, 1.807) is 12.1 Å². The van der Waals surface area contributed by atoms with E-state index in [2.05, 4.69) is 5.32 Å². The largest absolute Gasteiger partial charge is 0.506 e. The first-order chi connectivity index (χ1) is 11.9. The van der Waals surface area contributed by atoms with E-state index >= 15 is 0 Å². The number of phenolic OH excluding ortho intramolecular Hbond substituents is 1. The van der Waals surface area contributed by atoms with E-state index in [1.807, 2.05) is 25.5 Å². The van der Waals surface area contributed by atoms with E-state index in [-0.39, 0.29) is 28.1 Å². The Balaban J connectivity index is 2.32. The number of anilines is 2. The molecule has 140 valence electrons. The number of phenols is 1. The molecule has 0 fully saturated rings. The summed E-state index contributed by atoms with van der Waals surface area (Å²) in [6.45, 7) is 5.98. The van der Waals surface area contributed by atoms with Crippen LogP contribution in [0.15, 0.2) is 36.4 Å². The Morgan fingerprint density at radius 2 is 1.73 bits per heavy atom. The molecule has 8 heteroatoms. The highest BCUT2D eigenvalue weighted by atomic mass is 32.2. The van der Waals surface area contributed by atoms with Gasteiger partial charge in [0.05, 0.1) is 17.6 Å². The maximum absolute atomic E-state index is 13.7. The van der Waals surface area contributed by atoms with E-state index in [0.29, 0.717) is 0 Å². The Hall–Kier alpha value is -2.61. The summed E-state index contributed by atoms with van der Waals surface area (Å²) < 4.78 is 38.3. The lowest BCUT2D eigenvalue weighted by Gasteiger charge is -2.20. The second-order valence-electron chi connectivity index (χ2n) is 7.00. The monoisotopic (exact) mass is 380 g/mol. The van der Waals surface area contributed by atoms with Crippen molar-refractivity contribution < 1.29 is 22.7 Å². The summed E-state index contributed by atoms with van der Waals surface area (Å²) in [5.74, 6) is -1.52. The van der Waals surface area contributed by atoms with Crippen LogP contribution >= 0.6 is 0 Å². The van der Waals surface area contributed by atoms with Crippen molar-refractivity contribution in [3.05, 3.63) is 53.3 Å². The smallest absolute Gasteiger partial charge is 0.255 e. The van der Waals surface area contributed by atoms with Crippen LogP contribution in [0.25, 0.3) is 0 Å². The lowest BCUT2D eigenvalue weighted by Crippen LogP contribution is -2.16. The fourth-order valence-electron chi connectivity index (χ4n) is 2.24. The highest BCUT2D eigenvalue weighted by Crippen LogP contribution is 2.31. The Kier molecular flexibility index (Phi) is 5.27. The van der Waals surface area contributed by atoms with Gasteiger partial charge in [-0.15, -0.1) is 0 Å². The van der Waals surface area contributed by atoms with E-state index < -0.39 is 21.7 Å². The highest BCUT2D eigenvalue weighted by Gasteiger charge is 2.18. The minimum Gasteiger partial charge on any atom is -0.506 e. The number of benzene rings is 2. The Bertz CT molecular complexity index is 950. The molecule has 0 heterocycles. The van der Waals surface area contributed by atoms with Crippen LogP contribution in [0.5, 0.6) is 5.75 Å². The van der Waals surface area contributed by atoms with E-state index in [9.17, 15) is 22.7 Å². The van der Waals surface area contributed by atoms with Gasteiger partial charge in [-0.2, -0.15) is 0 Å². The molecule has 0 aliphatic carbocycles. The summed E-state index contributed by atoms with van der Waals surface area (Å²) in [6.07, 6.45) is 0.884. The van der Waals surface area contributed by atoms with Crippen molar-refractivity contribution in [3.63, 3.8) is 0 Å². The Labute approximate surface area is 152 Å². The van der Waals surface area contributed by atoms with Crippen LogP contribution in [0, 0.1) is 5.82 Å². The van der Waals surface area contributed by atoms with Crippen LogP contribution in [0.2, 0.25) is 0 Å². The summed E-state index contributed by atoms with van der Waals surface area (Å²) in [7, 11) is -3.69. The average Bonchev–Trinajstić information content (AvgIpc) is 2.49. The van der Waals surface area contributed by atoms with Gasteiger partial charge in [-0.25, -0.2) is 12.8 Å². The van der Waals surface area contributed by atoms with Crippen molar-refractivity contribution in [1.82, 2.24) is 0 Å². The zero-order valence-corrected chi connectivity index (χ0v) is 15.7. The number of aromatic hydroxyl groups is 1. The molecule has 2 aromatic carbocycles. The number of hydrogen-bond donors (Lipinski definition) is 3. The van der Waals surface area contributed by atoms with Crippen molar-refractivity contribution in [1.29, 1.82) is 0 Å². The molecule has 0 aliphatic rings. The number of halogens is 1. The molecule has 3 N–H and O–H groups in total. The van der Waals surface area contributed by atoms with Gasteiger partial charge in [0.25, 0.3) is 5.91 Å². The highest BCUT2D eigenvalue weighted by molar-refractivity contribution is 7.92. The predicted octanol–water partition coefficient (Wildman–Crippen LogP) is 3.45. The van der Waals surface area contributed by atoms with Crippen LogP contribution in [0.3, 0.4) is 0 Å². The minimum atomic E-state index is -3.69. The molecule has 2 aromatic rings. The molecule has 0 saturated heterocycles. The maximum Gasteiger partial charge on any atom is 0.255 e. The second kappa shape index (κ2) is 6.95. The molecule has 0 atom stereocenters. The maximum atomic E-state index is 13.7. The van der Waals surface area contributed by atoms with Crippen molar-refractivity contribution in [2.75, 3.05) is 16.3 Å². The van der Waals surface area contributed by atoms with Crippen molar-refractivity contribution in [3.8, 4) is 5.75 Å². The molecule has 0 unspecified atom stereocenters. The topological polar surface area (TPSA) is 95.5 Å². The van der Waals surface area contributed by atoms with Gasteiger partial charge in [-0.3, -0.25) is 9.52 Å². The fraction of sp³-hybridized carbons (Fsp3) is 0.278. The lowest BCUT2D eigenvalue weighted by molar-refractivity contribution is 0.102. The number of amides is 1. The molecule has 0 aliphatic heterocycles. The molecular formula is C18H21FN2O4S.